The van der Waals surface area contributed by atoms with E-state index in [9.17, 15) is 40.6 Å². The molecule has 12 heteroatoms. The van der Waals surface area contributed by atoms with Gasteiger partial charge >= 0.3 is 18.3 Å². The second-order valence-corrected chi connectivity index (χ2v) is 9.30. The van der Waals surface area contributed by atoms with E-state index in [1.54, 1.807) is 12.1 Å². The van der Waals surface area contributed by atoms with Crippen molar-refractivity contribution < 1.29 is 50.5 Å². The fourth-order valence-corrected chi connectivity index (χ4v) is 4.85. The van der Waals surface area contributed by atoms with Gasteiger partial charge in [-0.1, -0.05) is 12.1 Å². The normalized spacial score (nSPS) is 21.0. The molecule has 0 heterocycles. The summed E-state index contributed by atoms with van der Waals surface area (Å²) in [7, 11) is 0. The maximum Gasteiger partial charge on any atom is 0.416 e. The van der Waals surface area contributed by atoms with Gasteiger partial charge < -0.3 is 20.3 Å². The van der Waals surface area contributed by atoms with Crippen molar-refractivity contribution in [2.45, 2.75) is 56.2 Å². The highest BCUT2D eigenvalue weighted by molar-refractivity contribution is 5.66. The summed E-state index contributed by atoms with van der Waals surface area (Å²) in [5.41, 5.74) is -2.80. The molecule has 2 aromatic rings. The number of hydrogen-bond donors (Lipinski definition) is 3. The van der Waals surface area contributed by atoms with Gasteiger partial charge in [-0.05, 0) is 79.7 Å². The Labute approximate surface area is 214 Å². The second-order valence-electron chi connectivity index (χ2n) is 9.30. The summed E-state index contributed by atoms with van der Waals surface area (Å²) in [6.45, 7) is 0.00459. The van der Waals surface area contributed by atoms with Crippen LogP contribution in [0, 0.1) is 11.7 Å². The van der Waals surface area contributed by atoms with Gasteiger partial charge in [-0.25, -0.2) is 4.39 Å². The number of rotatable bonds is 11. The standard InChI is InChI=1S/C26H28F7NO4/c27-20-6-3-15(4-7-20)24-16(13-34-9-1-2-23(36)37)5-8-21(24)38-22(14-35)17-10-18(25(28,29)30)12-19(11-17)26(31,32)33/h3-4,6-7,10-12,16,21-22,24,34-35H,1-2,5,8-9,13-14H2,(H,36,37)/t16-,21-,22+,24-/m0/s1. The van der Waals surface area contributed by atoms with E-state index in [1.165, 1.54) is 12.1 Å². The molecule has 1 saturated carbocycles. The Hall–Kier alpha value is -2.70. The number of halogens is 7. The highest BCUT2D eigenvalue weighted by atomic mass is 19.4. The third-order valence-corrected chi connectivity index (χ3v) is 6.62. The van der Waals surface area contributed by atoms with Gasteiger partial charge in [0.2, 0.25) is 0 Å². The average Bonchev–Trinajstić information content (AvgIpc) is 3.23. The highest BCUT2D eigenvalue weighted by Gasteiger charge is 2.41. The molecule has 0 spiro atoms. The molecule has 38 heavy (non-hydrogen) atoms. The molecule has 0 aromatic heterocycles. The average molecular weight is 551 g/mol. The van der Waals surface area contributed by atoms with Gasteiger partial charge in [0, 0.05) is 12.3 Å². The van der Waals surface area contributed by atoms with Crippen molar-refractivity contribution >= 4 is 5.97 Å². The number of hydrogen-bond acceptors (Lipinski definition) is 4. The van der Waals surface area contributed by atoms with Crippen LogP contribution in [0.1, 0.15) is 60.0 Å². The molecule has 0 unspecified atom stereocenters. The van der Waals surface area contributed by atoms with Crippen molar-refractivity contribution in [3.63, 3.8) is 0 Å². The maximum atomic E-state index is 13.6. The molecular formula is C26H28F7NO4. The molecule has 0 saturated heterocycles. The summed E-state index contributed by atoms with van der Waals surface area (Å²) >= 11 is 0. The zero-order valence-corrected chi connectivity index (χ0v) is 20.2. The molecule has 3 N–H and O–H groups in total. The first-order valence-corrected chi connectivity index (χ1v) is 12.0. The number of alkyl halides is 6. The molecule has 210 valence electrons. The van der Waals surface area contributed by atoms with E-state index in [4.69, 9.17) is 9.84 Å². The largest absolute Gasteiger partial charge is 0.481 e. The summed E-state index contributed by atoms with van der Waals surface area (Å²) in [4.78, 5) is 10.7. The van der Waals surface area contributed by atoms with Crippen molar-refractivity contribution in [2.75, 3.05) is 19.7 Å². The molecule has 3 rings (SSSR count). The van der Waals surface area contributed by atoms with E-state index < -0.39 is 65.6 Å². The quantitative estimate of drug-likeness (QED) is 0.238. The molecular weight excluding hydrogens is 523 g/mol. The molecule has 1 fully saturated rings. The van der Waals surface area contributed by atoms with Crippen LogP contribution in [0.5, 0.6) is 0 Å². The van der Waals surface area contributed by atoms with Crippen LogP contribution in [0.4, 0.5) is 30.7 Å². The molecule has 0 radical (unpaired) electrons. The molecule has 1 aliphatic carbocycles. The van der Waals surface area contributed by atoms with Gasteiger partial charge in [0.05, 0.1) is 23.8 Å². The van der Waals surface area contributed by atoms with Gasteiger partial charge in [0.1, 0.15) is 11.9 Å². The molecule has 5 nitrogen and oxygen atoms in total. The molecule has 2 aromatic carbocycles. The summed E-state index contributed by atoms with van der Waals surface area (Å²) < 4.78 is 99.7. The number of nitrogens with one attached hydrogen (secondary N) is 1. The van der Waals surface area contributed by atoms with Crippen molar-refractivity contribution in [3.8, 4) is 0 Å². The van der Waals surface area contributed by atoms with Crippen LogP contribution in [0.15, 0.2) is 42.5 Å². The minimum Gasteiger partial charge on any atom is -0.481 e. The predicted molar refractivity (Wildman–Crippen MR) is 123 cm³/mol. The summed E-state index contributed by atoms with van der Waals surface area (Å²) in [6.07, 6.45) is -10.9. The lowest BCUT2D eigenvalue weighted by molar-refractivity contribution is -0.143. The number of aliphatic carboxylic acids is 1. The number of benzene rings is 2. The van der Waals surface area contributed by atoms with Gasteiger partial charge in [-0.2, -0.15) is 26.3 Å². The monoisotopic (exact) mass is 551 g/mol. The molecule has 4 atom stereocenters. The van der Waals surface area contributed by atoms with Crippen LogP contribution in [0.3, 0.4) is 0 Å². The first-order chi connectivity index (χ1) is 17.8. The zero-order valence-electron chi connectivity index (χ0n) is 20.2. The van der Waals surface area contributed by atoms with Crippen LogP contribution in [0.2, 0.25) is 0 Å². The smallest absolute Gasteiger partial charge is 0.416 e. The van der Waals surface area contributed by atoms with Gasteiger partial charge in [0.25, 0.3) is 0 Å². The zero-order chi connectivity index (χ0) is 28.1. The Morgan fingerprint density at radius 2 is 1.61 bits per heavy atom. The number of carbonyl (C=O) groups is 1. The van der Waals surface area contributed by atoms with Crippen LogP contribution in [-0.2, 0) is 21.9 Å². The number of aliphatic hydroxyl groups is 1. The predicted octanol–water partition coefficient (Wildman–Crippen LogP) is 5.93. The van der Waals surface area contributed by atoms with Crippen molar-refractivity contribution in [1.29, 1.82) is 0 Å². The van der Waals surface area contributed by atoms with E-state index in [2.05, 4.69) is 5.32 Å². The topological polar surface area (TPSA) is 78.8 Å². The molecule has 0 aliphatic heterocycles. The SMILES string of the molecule is O=C(O)CCCNC[C@@H]1CC[C@H](O[C@H](CO)c2cc(C(F)(F)F)cc(C(F)(F)F)c2)[C@H]1c1ccc(F)cc1. The second kappa shape index (κ2) is 12.4. The Kier molecular flexibility index (Phi) is 9.77. The molecule has 1 aliphatic rings. The van der Waals surface area contributed by atoms with Crippen LogP contribution in [0.25, 0.3) is 0 Å². The van der Waals surface area contributed by atoms with Crippen molar-refractivity contribution in [2.24, 2.45) is 5.92 Å². The van der Waals surface area contributed by atoms with E-state index in [0.717, 1.165) is 0 Å². The van der Waals surface area contributed by atoms with Gasteiger partial charge in [-0.3, -0.25) is 4.79 Å². The molecule has 0 amide bonds. The van der Waals surface area contributed by atoms with E-state index in [1.807, 2.05) is 0 Å². The third kappa shape index (κ3) is 7.90. The number of carboxylic acid groups (broad SMARTS) is 1. The lowest BCUT2D eigenvalue weighted by Crippen LogP contribution is -2.30. The first kappa shape index (κ1) is 29.9. The number of aliphatic hydroxyl groups excluding tert-OH is 1. The lowest BCUT2D eigenvalue weighted by atomic mass is 9.87. The summed E-state index contributed by atoms with van der Waals surface area (Å²) in [5, 5.41) is 21.9. The first-order valence-electron chi connectivity index (χ1n) is 12.0. The van der Waals surface area contributed by atoms with Gasteiger partial charge in [0.15, 0.2) is 0 Å². The lowest BCUT2D eigenvalue weighted by Gasteiger charge is -2.29. The van der Waals surface area contributed by atoms with E-state index >= 15 is 0 Å². The Morgan fingerprint density at radius 3 is 2.13 bits per heavy atom. The summed E-state index contributed by atoms with van der Waals surface area (Å²) in [6, 6.07) is 6.67. The fourth-order valence-electron chi connectivity index (χ4n) is 4.85. The summed E-state index contributed by atoms with van der Waals surface area (Å²) in [5.74, 6) is -1.90. The van der Waals surface area contributed by atoms with Crippen molar-refractivity contribution in [1.82, 2.24) is 5.32 Å². The minimum absolute atomic E-state index is 0.0140. The maximum absolute atomic E-state index is 13.6. The third-order valence-electron chi connectivity index (χ3n) is 6.62. The van der Waals surface area contributed by atoms with Crippen LogP contribution < -0.4 is 5.32 Å². The van der Waals surface area contributed by atoms with Gasteiger partial charge in [-0.15, -0.1) is 0 Å². The highest BCUT2D eigenvalue weighted by Crippen LogP contribution is 2.44. The van der Waals surface area contributed by atoms with Crippen LogP contribution >= 0.6 is 0 Å². The Balaban J connectivity index is 1.86. The minimum atomic E-state index is -5.04. The van der Waals surface area contributed by atoms with E-state index in [-0.39, 0.29) is 18.4 Å². The van der Waals surface area contributed by atoms with Crippen molar-refractivity contribution in [3.05, 3.63) is 70.5 Å². The van der Waals surface area contributed by atoms with E-state index in [0.29, 0.717) is 50.0 Å². The van der Waals surface area contributed by atoms with Crippen LogP contribution in [-0.4, -0.2) is 42.0 Å². The number of carboxylic acids is 1. The number of ether oxygens (including phenoxy) is 1. The Morgan fingerprint density at radius 1 is 1.00 bits per heavy atom. The molecule has 0 bridgehead atoms. The Bertz CT molecular complexity index is 1040. The fraction of sp³-hybridized carbons (Fsp3) is 0.500.